The number of esters is 1. The minimum atomic E-state index is -0.375. The van der Waals surface area contributed by atoms with E-state index in [1.54, 1.807) is 0 Å². The number of para-hydroxylation sites is 1. The van der Waals surface area contributed by atoms with Crippen LogP contribution in [0.2, 0.25) is 0 Å². The molecule has 3 atom stereocenters. The number of amides is 1. The van der Waals surface area contributed by atoms with Gasteiger partial charge in [-0.05, 0) is 59.3 Å². The normalized spacial score (nSPS) is 20.2. The number of likely N-dealkylation sites (tertiary alicyclic amines) is 1. The fraction of sp³-hybridized carbons (Fsp3) is 0.444. The zero-order valence-corrected chi connectivity index (χ0v) is 25.2. The summed E-state index contributed by atoms with van der Waals surface area (Å²) in [5, 5.41) is 2.98. The van der Waals surface area contributed by atoms with Gasteiger partial charge in [-0.3, -0.25) is 15.0 Å². The molecule has 1 saturated heterocycles. The van der Waals surface area contributed by atoms with Crippen molar-refractivity contribution < 1.29 is 19.1 Å². The van der Waals surface area contributed by atoms with Gasteiger partial charge in [-0.1, -0.05) is 93.6 Å². The average molecular weight is 569 g/mol. The van der Waals surface area contributed by atoms with E-state index in [1.165, 1.54) is 11.1 Å². The third-order valence-electron chi connectivity index (χ3n) is 8.47. The van der Waals surface area contributed by atoms with Gasteiger partial charge < -0.3 is 9.47 Å². The number of ether oxygens (including phenoxy) is 2. The highest BCUT2D eigenvalue weighted by Crippen LogP contribution is 2.40. The first-order chi connectivity index (χ1) is 20.2. The fourth-order valence-electron chi connectivity index (χ4n) is 6.22. The molecule has 1 heterocycles. The molecule has 3 aromatic rings. The van der Waals surface area contributed by atoms with Crippen molar-refractivity contribution in [1.29, 1.82) is 0 Å². The summed E-state index contributed by atoms with van der Waals surface area (Å²) in [6, 6.07) is 26.6. The maximum Gasteiger partial charge on any atom is 0.411 e. The van der Waals surface area contributed by atoms with Gasteiger partial charge in [-0.2, -0.15) is 0 Å². The maximum absolute atomic E-state index is 12.8. The molecule has 3 aromatic carbocycles. The second kappa shape index (κ2) is 13.6. The lowest BCUT2D eigenvalue weighted by molar-refractivity contribution is -0.144. The Kier molecular flexibility index (Phi) is 9.63. The zero-order valence-electron chi connectivity index (χ0n) is 25.2. The minimum absolute atomic E-state index is 0.0344. The highest BCUT2D eigenvalue weighted by Gasteiger charge is 2.42. The Balaban J connectivity index is 1.02. The van der Waals surface area contributed by atoms with E-state index in [1.807, 2.05) is 54.6 Å². The second-order valence-electron chi connectivity index (χ2n) is 13.1. The van der Waals surface area contributed by atoms with Gasteiger partial charge >= 0.3 is 12.1 Å². The number of fused-ring (bicyclic) bond motifs is 1. The Morgan fingerprint density at radius 1 is 0.857 bits per heavy atom. The van der Waals surface area contributed by atoms with Crippen LogP contribution in [0.1, 0.15) is 57.6 Å². The highest BCUT2D eigenvalue weighted by molar-refractivity contribution is 5.91. The standard InChI is InChI=1S/C36H44N2O4/c1-36(2,3)19-17-34(39)41-20-18-26-13-15-27(16-14-26)23-38-24-29-21-31(22-30(29)25-38)42-35(40)37-33-12-8-7-11-32(33)28-9-5-4-6-10-28/h4-16,29-31H,17-25H2,1-3H3,(H,37,40)/t29-,30+,31-. The van der Waals surface area contributed by atoms with E-state index in [-0.39, 0.29) is 23.6 Å². The predicted molar refractivity (Wildman–Crippen MR) is 167 cm³/mol. The molecule has 0 spiro atoms. The lowest BCUT2D eigenvalue weighted by Gasteiger charge is -2.20. The van der Waals surface area contributed by atoms with Crippen molar-refractivity contribution in [2.75, 3.05) is 25.0 Å². The van der Waals surface area contributed by atoms with E-state index < -0.39 is 0 Å². The van der Waals surface area contributed by atoms with Crippen molar-refractivity contribution >= 4 is 17.7 Å². The first-order valence-corrected chi connectivity index (χ1v) is 15.3. The van der Waals surface area contributed by atoms with Crippen LogP contribution >= 0.6 is 0 Å². The molecule has 1 saturated carbocycles. The zero-order chi connectivity index (χ0) is 29.5. The lowest BCUT2D eigenvalue weighted by Crippen LogP contribution is -2.25. The quantitative estimate of drug-likeness (QED) is 0.254. The number of hydrogen-bond acceptors (Lipinski definition) is 5. The lowest BCUT2D eigenvalue weighted by atomic mass is 9.91. The molecule has 0 bridgehead atoms. The Bertz CT molecular complexity index is 1320. The van der Waals surface area contributed by atoms with Crippen molar-refractivity contribution in [3.05, 3.63) is 90.0 Å². The summed E-state index contributed by atoms with van der Waals surface area (Å²) in [5.41, 5.74) is 5.44. The van der Waals surface area contributed by atoms with Gasteiger partial charge in [0.2, 0.25) is 0 Å². The number of nitrogens with zero attached hydrogens (tertiary/aromatic N) is 1. The Morgan fingerprint density at radius 3 is 2.19 bits per heavy atom. The van der Waals surface area contributed by atoms with E-state index in [2.05, 4.69) is 55.3 Å². The molecular formula is C36H44N2O4. The van der Waals surface area contributed by atoms with Crippen LogP contribution in [0.3, 0.4) is 0 Å². The highest BCUT2D eigenvalue weighted by atomic mass is 16.6. The van der Waals surface area contributed by atoms with Crippen LogP contribution in [0, 0.1) is 17.3 Å². The summed E-state index contributed by atoms with van der Waals surface area (Å²) in [4.78, 5) is 27.3. The van der Waals surface area contributed by atoms with E-state index >= 15 is 0 Å². The van der Waals surface area contributed by atoms with Crippen molar-refractivity contribution in [2.24, 2.45) is 17.3 Å². The molecule has 5 rings (SSSR count). The number of hydrogen-bond donors (Lipinski definition) is 1. The fourth-order valence-corrected chi connectivity index (χ4v) is 6.22. The van der Waals surface area contributed by atoms with Gasteiger partial charge in [-0.25, -0.2) is 4.79 Å². The Morgan fingerprint density at radius 2 is 1.50 bits per heavy atom. The molecule has 6 heteroatoms. The van der Waals surface area contributed by atoms with Gasteiger partial charge in [-0.15, -0.1) is 0 Å². The largest absolute Gasteiger partial charge is 0.465 e. The van der Waals surface area contributed by atoms with Crippen LogP contribution in [0.4, 0.5) is 10.5 Å². The molecule has 42 heavy (non-hydrogen) atoms. The van der Waals surface area contributed by atoms with Gasteiger partial charge in [0.1, 0.15) is 6.10 Å². The van der Waals surface area contributed by atoms with E-state index in [4.69, 9.17) is 9.47 Å². The van der Waals surface area contributed by atoms with Crippen LogP contribution < -0.4 is 5.32 Å². The third-order valence-corrected chi connectivity index (χ3v) is 8.47. The van der Waals surface area contributed by atoms with Crippen LogP contribution in [0.5, 0.6) is 0 Å². The molecule has 2 aliphatic rings. The van der Waals surface area contributed by atoms with Gasteiger partial charge in [0.15, 0.2) is 0 Å². The van der Waals surface area contributed by atoms with Gasteiger partial charge in [0.05, 0.1) is 12.3 Å². The van der Waals surface area contributed by atoms with Crippen LogP contribution in [-0.2, 0) is 27.2 Å². The third kappa shape index (κ3) is 8.45. The molecule has 222 valence electrons. The number of nitrogens with one attached hydrogen (secondary N) is 1. The summed E-state index contributed by atoms with van der Waals surface area (Å²) < 4.78 is 11.3. The summed E-state index contributed by atoms with van der Waals surface area (Å²) in [5.74, 6) is 1.01. The number of rotatable bonds is 10. The van der Waals surface area contributed by atoms with Crippen molar-refractivity contribution in [2.45, 2.75) is 65.5 Å². The van der Waals surface area contributed by atoms with Gasteiger partial charge in [0.25, 0.3) is 0 Å². The topological polar surface area (TPSA) is 67.9 Å². The molecule has 0 unspecified atom stereocenters. The molecule has 1 amide bonds. The molecule has 1 aliphatic heterocycles. The van der Waals surface area contributed by atoms with Crippen molar-refractivity contribution in [3.8, 4) is 11.1 Å². The molecule has 0 radical (unpaired) electrons. The number of carbonyl (C=O) groups excluding carboxylic acids is 2. The van der Waals surface area contributed by atoms with E-state index in [9.17, 15) is 9.59 Å². The smallest absolute Gasteiger partial charge is 0.411 e. The molecular weight excluding hydrogens is 524 g/mol. The van der Waals surface area contributed by atoms with Crippen molar-refractivity contribution in [3.63, 3.8) is 0 Å². The molecule has 0 aromatic heterocycles. The second-order valence-corrected chi connectivity index (χ2v) is 13.1. The summed E-state index contributed by atoms with van der Waals surface area (Å²) in [6.07, 6.45) is 3.48. The van der Waals surface area contributed by atoms with Crippen molar-refractivity contribution in [1.82, 2.24) is 4.90 Å². The molecule has 2 fully saturated rings. The first kappa shape index (κ1) is 29.8. The van der Waals surface area contributed by atoms with E-state index in [0.29, 0.717) is 24.9 Å². The monoisotopic (exact) mass is 568 g/mol. The van der Waals surface area contributed by atoms with Gasteiger partial charge in [0, 0.05) is 38.0 Å². The average Bonchev–Trinajstić information content (AvgIpc) is 3.51. The summed E-state index contributed by atoms with van der Waals surface area (Å²) >= 11 is 0. The summed E-state index contributed by atoms with van der Waals surface area (Å²) in [6.45, 7) is 9.84. The number of benzene rings is 3. The number of anilines is 1. The predicted octanol–water partition coefficient (Wildman–Crippen LogP) is 7.72. The summed E-state index contributed by atoms with van der Waals surface area (Å²) in [7, 11) is 0. The SMILES string of the molecule is CC(C)(C)CCC(=O)OCCc1ccc(CN2C[C@H]3C[C@@H](OC(=O)Nc4ccccc4-c4ccccc4)C[C@H]3C2)cc1. The van der Waals surface area contributed by atoms with Crippen LogP contribution in [0.25, 0.3) is 11.1 Å². The maximum atomic E-state index is 12.8. The van der Waals surface area contributed by atoms with Crippen LogP contribution in [-0.4, -0.2) is 42.8 Å². The molecule has 1 aliphatic carbocycles. The number of carbonyl (C=O) groups is 2. The Hall–Kier alpha value is -3.64. The first-order valence-electron chi connectivity index (χ1n) is 15.3. The minimum Gasteiger partial charge on any atom is -0.465 e. The molecule has 6 nitrogen and oxygen atoms in total. The molecule has 1 N–H and O–H groups in total. The van der Waals surface area contributed by atoms with Crippen LogP contribution in [0.15, 0.2) is 78.9 Å². The van der Waals surface area contributed by atoms with E-state index in [0.717, 1.165) is 62.1 Å². The Labute approximate surface area is 250 Å².